The Morgan fingerprint density at radius 3 is 3.09 bits per heavy atom. The second-order valence-electron chi connectivity index (χ2n) is 2.31. The standard InChI is InChI=1S/C9H11NO/c1-3-4-9(10-2)8-5-6-11-7-8/h1,5-7,9-10H,4H2,2H3. The minimum atomic E-state index is 0.221. The Hall–Kier alpha value is -1.20. The minimum absolute atomic E-state index is 0.221. The van der Waals surface area contributed by atoms with Gasteiger partial charge < -0.3 is 9.73 Å². The zero-order chi connectivity index (χ0) is 8.10. The van der Waals surface area contributed by atoms with E-state index in [1.807, 2.05) is 13.1 Å². The molecule has 2 nitrogen and oxygen atoms in total. The van der Waals surface area contributed by atoms with Crippen LogP contribution in [0.4, 0.5) is 0 Å². The summed E-state index contributed by atoms with van der Waals surface area (Å²) in [4.78, 5) is 0. The van der Waals surface area contributed by atoms with Crippen molar-refractivity contribution in [2.45, 2.75) is 12.5 Å². The average Bonchev–Trinajstić information content (AvgIpc) is 2.52. The Kier molecular flexibility index (Phi) is 2.76. The molecule has 1 unspecified atom stereocenters. The van der Waals surface area contributed by atoms with Gasteiger partial charge in [0.15, 0.2) is 0 Å². The summed E-state index contributed by atoms with van der Waals surface area (Å²) in [5.41, 5.74) is 1.10. The maximum Gasteiger partial charge on any atom is 0.0950 e. The fourth-order valence-electron chi connectivity index (χ4n) is 0.978. The molecule has 1 N–H and O–H groups in total. The lowest BCUT2D eigenvalue weighted by molar-refractivity contribution is 0.547. The van der Waals surface area contributed by atoms with Crippen molar-refractivity contribution in [2.24, 2.45) is 0 Å². The molecule has 1 rings (SSSR count). The zero-order valence-corrected chi connectivity index (χ0v) is 6.50. The minimum Gasteiger partial charge on any atom is -0.472 e. The van der Waals surface area contributed by atoms with Gasteiger partial charge in [-0.15, -0.1) is 12.3 Å². The van der Waals surface area contributed by atoms with Crippen molar-refractivity contribution >= 4 is 0 Å². The molecule has 58 valence electrons. The second kappa shape index (κ2) is 3.85. The van der Waals surface area contributed by atoms with Gasteiger partial charge in [-0.25, -0.2) is 0 Å². The number of nitrogens with one attached hydrogen (secondary N) is 1. The first-order valence-corrected chi connectivity index (χ1v) is 3.51. The van der Waals surface area contributed by atoms with Crippen LogP contribution in [0, 0.1) is 12.3 Å². The molecule has 2 heteroatoms. The first-order valence-electron chi connectivity index (χ1n) is 3.51. The van der Waals surface area contributed by atoms with E-state index >= 15 is 0 Å². The van der Waals surface area contributed by atoms with Crippen molar-refractivity contribution in [3.05, 3.63) is 24.2 Å². The van der Waals surface area contributed by atoms with E-state index in [0.29, 0.717) is 6.42 Å². The largest absolute Gasteiger partial charge is 0.472 e. The van der Waals surface area contributed by atoms with Crippen LogP contribution in [0.1, 0.15) is 18.0 Å². The molecular formula is C9H11NO. The molecule has 0 radical (unpaired) electrons. The number of furan rings is 1. The van der Waals surface area contributed by atoms with Crippen molar-refractivity contribution in [3.8, 4) is 12.3 Å². The summed E-state index contributed by atoms with van der Waals surface area (Å²) in [6, 6.07) is 2.14. The highest BCUT2D eigenvalue weighted by Gasteiger charge is 2.07. The van der Waals surface area contributed by atoms with Crippen molar-refractivity contribution in [3.63, 3.8) is 0 Å². The van der Waals surface area contributed by atoms with Crippen LogP contribution in [0.25, 0.3) is 0 Å². The summed E-state index contributed by atoms with van der Waals surface area (Å²) in [5, 5.41) is 3.10. The van der Waals surface area contributed by atoms with Gasteiger partial charge in [0, 0.05) is 18.0 Å². The van der Waals surface area contributed by atoms with Gasteiger partial charge in [-0.05, 0) is 13.1 Å². The molecule has 0 aliphatic heterocycles. The molecule has 0 saturated heterocycles. The zero-order valence-electron chi connectivity index (χ0n) is 6.50. The molecule has 11 heavy (non-hydrogen) atoms. The van der Waals surface area contributed by atoms with E-state index in [9.17, 15) is 0 Å². The smallest absolute Gasteiger partial charge is 0.0950 e. The van der Waals surface area contributed by atoms with Gasteiger partial charge in [-0.1, -0.05) is 0 Å². The van der Waals surface area contributed by atoms with Gasteiger partial charge in [0.05, 0.1) is 12.5 Å². The van der Waals surface area contributed by atoms with Crippen molar-refractivity contribution in [2.75, 3.05) is 7.05 Å². The van der Waals surface area contributed by atoms with Crippen molar-refractivity contribution < 1.29 is 4.42 Å². The van der Waals surface area contributed by atoms with Crippen LogP contribution in [0.5, 0.6) is 0 Å². The fraction of sp³-hybridized carbons (Fsp3) is 0.333. The van der Waals surface area contributed by atoms with Crippen LogP contribution in [-0.4, -0.2) is 7.05 Å². The van der Waals surface area contributed by atoms with Gasteiger partial charge in [0.2, 0.25) is 0 Å². The second-order valence-corrected chi connectivity index (χ2v) is 2.31. The van der Waals surface area contributed by atoms with Crippen LogP contribution in [0.15, 0.2) is 23.0 Å². The highest BCUT2D eigenvalue weighted by Crippen LogP contribution is 2.15. The summed E-state index contributed by atoms with van der Waals surface area (Å²) in [5.74, 6) is 2.60. The maximum absolute atomic E-state index is 5.19. The lowest BCUT2D eigenvalue weighted by Crippen LogP contribution is -2.14. The molecule has 0 aliphatic rings. The molecule has 0 saturated carbocycles. The molecule has 0 fully saturated rings. The van der Waals surface area contributed by atoms with Gasteiger partial charge >= 0.3 is 0 Å². The average molecular weight is 149 g/mol. The Balaban J connectivity index is 2.65. The molecule has 0 amide bonds. The summed E-state index contributed by atoms with van der Waals surface area (Å²) in [6.07, 6.45) is 9.24. The monoisotopic (exact) mass is 149 g/mol. The number of hydrogen-bond acceptors (Lipinski definition) is 2. The van der Waals surface area contributed by atoms with Crippen molar-refractivity contribution in [1.29, 1.82) is 0 Å². The van der Waals surface area contributed by atoms with Crippen LogP contribution in [0.3, 0.4) is 0 Å². The predicted octanol–water partition coefficient (Wildman–Crippen LogP) is 1.56. The summed E-state index contributed by atoms with van der Waals surface area (Å²) in [6.45, 7) is 0. The highest BCUT2D eigenvalue weighted by molar-refractivity contribution is 5.13. The van der Waals surface area contributed by atoms with Crippen LogP contribution in [0.2, 0.25) is 0 Å². The Morgan fingerprint density at radius 1 is 1.82 bits per heavy atom. The predicted molar refractivity (Wildman–Crippen MR) is 44.0 cm³/mol. The molecule has 0 aliphatic carbocycles. The van der Waals surface area contributed by atoms with E-state index in [2.05, 4.69) is 11.2 Å². The summed E-state index contributed by atoms with van der Waals surface area (Å²) in [7, 11) is 1.88. The first-order chi connectivity index (χ1) is 5.38. The van der Waals surface area contributed by atoms with Gasteiger partial charge in [0.1, 0.15) is 0 Å². The Labute approximate surface area is 66.6 Å². The van der Waals surface area contributed by atoms with Crippen molar-refractivity contribution in [1.82, 2.24) is 5.32 Å². The summed E-state index contributed by atoms with van der Waals surface area (Å²) < 4.78 is 4.94. The third-order valence-electron chi connectivity index (χ3n) is 1.62. The Morgan fingerprint density at radius 2 is 2.64 bits per heavy atom. The molecule has 1 heterocycles. The lowest BCUT2D eigenvalue weighted by atomic mass is 10.1. The third-order valence-corrected chi connectivity index (χ3v) is 1.62. The van der Waals surface area contributed by atoms with E-state index in [-0.39, 0.29) is 6.04 Å². The third kappa shape index (κ3) is 1.86. The van der Waals surface area contributed by atoms with E-state index in [4.69, 9.17) is 10.8 Å². The number of terminal acetylenes is 1. The normalized spacial score (nSPS) is 12.4. The number of rotatable bonds is 3. The molecule has 1 aromatic rings. The number of hydrogen-bond donors (Lipinski definition) is 1. The van der Waals surface area contributed by atoms with Crippen LogP contribution in [-0.2, 0) is 0 Å². The topological polar surface area (TPSA) is 25.2 Å². The molecule has 1 aromatic heterocycles. The first kappa shape index (κ1) is 7.90. The van der Waals surface area contributed by atoms with Gasteiger partial charge in [-0.3, -0.25) is 0 Å². The fourth-order valence-corrected chi connectivity index (χ4v) is 0.978. The molecule has 0 aromatic carbocycles. The lowest BCUT2D eigenvalue weighted by Gasteiger charge is -2.09. The quantitative estimate of drug-likeness (QED) is 0.660. The van der Waals surface area contributed by atoms with E-state index in [1.165, 1.54) is 0 Å². The SMILES string of the molecule is C#CCC(NC)c1ccoc1. The van der Waals surface area contributed by atoms with Gasteiger partial charge in [0.25, 0.3) is 0 Å². The van der Waals surface area contributed by atoms with E-state index < -0.39 is 0 Å². The molecular weight excluding hydrogens is 138 g/mol. The van der Waals surface area contributed by atoms with E-state index in [0.717, 1.165) is 5.56 Å². The molecule has 1 atom stereocenters. The summed E-state index contributed by atoms with van der Waals surface area (Å²) >= 11 is 0. The van der Waals surface area contributed by atoms with Crippen LogP contribution < -0.4 is 5.32 Å². The maximum atomic E-state index is 5.19. The molecule has 0 bridgehead atoms. The van der Waals surface area contributed by atoms with Gasteiger partial charge in [-0.2, -0.15) is 0 Å². The molecule has 0 spiro atoms. The Bertz CT molecular complexity index is 233. The van der Waals surface area contributed by atoms with E-state index in [1.54, 1.807) is 12.5 Å². The highest BCUT2D eigenvalue weighted by atomic mass is 16.3. The van der Waals surface area contributed by atoms with Crippen LogP contribution >= 0.6 is 0 Å².